The Balaban J connectivity index is 1.67. The molecule has 0 bridgehead atoms. The highest BCUT2D eigenvalue weighted by Gasteiger charge is 2.16. The van der Waals surface area contributed by atoms with Gasteiger partial charge < -0.3 is 4.74 Å². The molecule has 0 aliphatic carbocycles. The number of thioether (sulfide) groups is 1. The molecular weight excluding hydrogens is 374 g/mol. The maximum atomic E-state index is 12.1. The van der Waals surface area contributed by atoms with Gasteiger partial charge in [0.1, 0.15) is 11.6 Å². The van der Waals surface area contributed by atoms with Gasteiger partial charge in [0.2, 0.25) is 0 Å². The van der Waals surface area contributed by atoms with Crippen molar-refractivity contribution in [1.82, 2.24) is 15.0 Å². The van der Waals surface area contributed by atoms with Crippen molar-refractivity contribution in [3.8, 4) is 9.88 Å². The fourth-order valence-corrected chi connectivity index (χ4v) is 3.81. The van der Waals surface area contributed by atoms with Gasteiger partial charge in [-0.25, -0.2) is 19.7 Å². The van der Waals surface area contributed by atoms with E-state index in [-0.39, 0.29) is 17.3 Å². The predicted octanol–water partition coefficient (Wildman–Crippen LogP) is 4.39. The summed E-state index contributed by atoms with van der Waals surface area (Å²) in [5.74, 6) is -0.585. The van der Waals surface area contributed by atoms with Crippen molar-refractivity contribution in [1.29, 1.82) is 0 Å². The summed E-state index contributed by atoms with van der Waals surface area (Å²) in [6.07, 6.45) is 3.22. The SMILES string of the molecule is CSc1ncc(Cl)c(C(=O)OCc2csc(-c3cccs3)n2)n1. The Morgan fingerprint density at radius 1 is 1.39 bits per heavy atom. The van der Waals surface area contributed by atoms with Gasteiger partial charge in [-0.2, -0.15) is 0 Å². The molecule has 0 aliphatic heterocycles. The molecule has 0 radical (unpaired) electrons. The Labute approximate surface area is 149 Å². The van der Waals surface area contributed by atoms with Crippen LogP contribution in [0, 0.1) is 0 Å². The van der Waals surface area contributed by atoms with E-state index in [1.54, 1.807) is 11.3 Å². The molecule has 0 unspecified atom stereocenters. The fourth-order valence-electron chi connectivity index (χ4n) is 1.69. The Bertz CT molecular complexity index is 821. The standard InChI is InChI=1S/C14H10ClN3O2S3/c1-21-14-16-5-9(15)11(18-14)13(19)20-6-8-7-23-12(17-8)10-3-2-4-22-10/h2-5,7H,6H2,1H3. The summed E-state index contributed by atoms with van der Waals surface area (Å²) >= 11 is 10.4. The molecule has 3 aromatic rings. The largest absolute Gasteiger partial charge is 0.454 e. The minimum atomic E-state index is -0.585. The zero-order chi connectivity index (χ0) is 16.2. The number of hydrogen-bond donors (Lipinski definition) is 0. The third kappa shape index (κ3) is 3.89. The number of rotatable bonds is 5. The van der Waals surface area contributed by atoms with Crippen LogP contribution in [0.15, 0.2) is 34.2 Å². The molecule has 3 heterocycles. The van der Waals surface area contributed by atoms with E-state index in [9.17, 15) is 4.79 Å². The molecule has 0 aromatic carbocycles. The van der Waals surface area contributed by atoms with Crippen LogP contribution in [0.5, 0.6) is 0 Å². The number of thiophene rings is 1. The number of esters is 1. The molecule has 0 amide bonds. The Kier molecular flexibility index (Phi) is 5.27. The van der Waals surface area contributed by atoms with E-state index in [0.717, 1.165) is 9.88 Å². The first kappa shape index (κ1) is 16.4. The molecule has 0 spiro atoms. The molecule has 0 N–H and O–H groups in total. The van der Waals surface area contributed by atoms with Crippen LogP contribution in [0.1, 0.15) is 16.2 Å². The van der Waals surface area contributed by atoms with Crippen LogP contribution in [0.2, 0.25) is 5.02 Å². The summed E-state index contributed by atoms with van der Waals surface area (Å²) in [5.41, 5.74) is 0.766. The van der Waals surface area contributed by atoms with Gasteiger partial charge in [-0.3, -0.25) is 0 Å². The molecule has 23 heavy (non-hydrogen) atoms. The van der Waals surface area contributed by atoms with Crippen molar-refractivity contribution in [2.75, 3.05) is 6.26 Å². The van der Waals surface area contributed by atoms with Crippen LogP contribution in [0.25, 0.3) is 9.88 Å². The number of carbonyl (C=O) groups excluding carboxylic acids is 1. The molecule has 3 rings (SSSR count). The minimum absolute atomic E-state index is 0.0692. The Hall–Kier alpha value is -1.48. The second-order valence-electron chi connectivity index (χ2n) is 4.25. The molecule has 0 aliphatic rings. The molecule has 0 fully saturated rings. The molecule has 0 saturated heterocycles. The van der Waals surface area contributed by atoms with Gasteiger partial charge in [-0.1, -0.05) is 29.4 Å². The average molecular weight is 384 g/mol. The molecule has 0 atom stereocenters. The average Bonchev–Trinajstić information content (AvgIpc) is 3.24. The smallest absolute Gasteiger partial charge is 0.359 e. The van der Waals surface area contributed by atoms with Gasteiger partial charge in [0.25, 0.3) is 0 Å². The second-order valence-corrected chi connectivity index (χ2v) is 7.24. The van der Waals surface area contributed by atoms with Crippen LogP contribution >= 0.6 is 46.0 Å². The molecule has 118 valence electrons. The first-order valence-corrected chi connectivity index (χ1v) is 9.75. The summed E-state index contributed by atoms with van der Waals surface area (Å²) < 4.78 is 5.25. The predicted molar refractivity (Wildman–Crippen MR) is 93.4 cm³/mol. The number of thiazole rings is 1. The zero-order valence-corrected chi connectivity index (χ0v) is 15.1. The van der Waals surface area contributed by atoms with Gasteiger partial charge >= 0.3 is 5.97 Å². The summed E-state index contributed by atoms with van der Waals surface area (Å²) in [5, 5.41) is 5.42. The fraction of sp³-hybridized carbons (Fsp3) is 0.143. The van der Waals surface area contributed by atoms with Crippen molar-refractivity contribution < 1.29 is 9.53 Å². The molecule has 3 aromatic heterocycles. The lowest BCUT2D eigenvalue weighted by Crippen LogP contribution is -2.09. The summed E-state index contributed by atoms with van der Waals surface area (Å²) in [4.78, 5) is 25.7. The van der Waals surface area contributed by atoms with Crippen LogP contribution in [0.3, 0.4) is 0 Å². The Morgan fingerprint density at radius 3 is 3.00 bits per heavy atom. The van der Waals surface area contributed by atoms with Crippen molar-refractivity contribution in [3.63, 3.8) is 0 Å². The van der Waals surface area contributed by atoms with E-state index >= 15 is 0 Å². The van der Waals surface area contributed by atoms with E-state index in [2.05, 4.69) is 15.0 Å². The first-order valence-electron chi connectivity index (χ1n) is 6.39. The lowest BCUT2D eigenvalue weighted by atomic mass is 10.4. The van der Waals surface area contributed by atoms with Crippen LogP contribution < -0.4 is 0 Å². The Morgan fingerprint density at radius 2 is 2.26 bits per heavy atom. The molecular formula is C14H10ClN3O2S3. The minimum Gasteiger partial charge on any atom is -0.454 e. The van der Waals surface area contributed by atoms with Gasteiger partial charge in [0, 0.05) is 5.38 Å². The zero-order valence-electron chi connectivity index (χ0n) is 11.9. The van der Waals surface area contributed by atoms with Crippen molar-refractivity contribution in [2.45, 2.75) is 11.8 Å². The van der Waals surface area contributed by atoms with Crippen molar-refractivity contribution in [2.24, 2.45) is 0 Å². The number of ether oxygens (including phenoxy) is 1. The third-order valence-electron chi connectivity index (χ3n) is 2.73. The maximum Gasteiger partial charge on any atom is 0.359 e. The molecule has 0 saturated carbocycles. The number of aromatic nitrogens is 3. The number of nitrogens with zero attached hydrogens (tertiary/aromatic N) is 3. The van der Waals surface area contributed by atoms with Crippen molar-refractivity contribution in [3.05, 3.63) is 45.5 Å². The highest BCUT2D eigenvalue weighted by molar-refractivity contribution is 7.98. The van der Waals surface area contributed by atoms with Gasteiger partial charge in [0.05, 0.1) is 21.8 Å². The third-order valence-corrected chi connectivity index (χ3v) is 5.50. The second kappa shape index (κ2) is 7.39. The first-order chi connectivity index (χ1) is 11.2. The van der Waals surface area contributed by atoms with Gasteiger partial charge in [0.15, 0.2) is 10.9 Å². The van der Waals surface area contributed by atoms with Crippen LogP contribution in [-0.2, 0) is 11.3 Å². The monoisotopic (exact) mass is 383 g/mol. The van der Waals surface area contributed by atoms with Gasteiger partial charge in [-0.05, 0) is 17.7 Å². The summed E-state index contributed by atoms with van der Waals surface area (Å²) in [6, 6.07) is 3.98. The van der Waals surface area contributed by atoms with Gasteiger partial charge in [-0.15, -0.1) is 22.7 Å². The molecule has 9 heteroatoms. The highest BCUT2D eigenvalue weighted by Crippen LogP contribution is 2.28. The van der Waals surface area contributed by atoms with E-state index in [4.69, 9.17) is 16.3 Å². The van der Waals surface area contributed by atoms with E-state index < -0.39 is 5.97 Å². The summed E-state index contributed by atoms with van der Waals surface area (Å²) in [6.45, 7) is 0.0790. The number of halogens is 1. The maximum absolute atomic E-state index is 12.1. The van der Waals surface area contributed by atoms with Crippen LogP contribution in [-0.4, -0.2) is 27.2 Å². The summed E-state index contributed by atoms with van der Waals surface area (Å²) in [7, 11) is 0. The normalized spacial score (nSPS) is 10.7. The van der Waals surface area contributed by atoms with Crippen LogP contribution in [0.4, 0.5) is 0 Å². The van der Waals surface area contributed by atoms with E-state index in [1.807, 2.05) is 29.1 Å². The highest BCUT2D eigenvalue weighted by atomic mass is 35.5. The van der Waals surface area contributed by atoms with E-state index in [1.165, 1.54) is 29.3 Å². The lowest BCUT2D eigenvalue weighted by Gasteiger charge is -2.04. The quantitative estimate of drug-likeness (QED) is 0.369. The molecule has 5 nitrogen and oxygen atoms in total. The van der Waals surface area contributed by atoms with E-state index in [0.29, 0.717) is 10.9 Å². The van der Waals surface area contributed by atoms with Crippen molar-refractivity contribution >= 4 is 52.0 Å². The number of carbonyl (C=O) groups is 1. The number of hydrogen-bond acceptors (Lipinski definition) is 8. The topological polar surface area (TPSA) is 65.0 Å². The lowest BCUT2D eigenvalue weighted by molar-refractivity contribution is 0.0460.